The number of benzene rings is 3. The molecular weight excluding hydrogens is 462 g/mol. The summed E-state index contributed by atoms with van der Waals surface area (Å²) < 4.78 is 5.55. The Kier molecular flexibility index (Phi) is 6.22. The first-order valence-corrected chi connectivity index (χ1v) is 11.5. The lowest BCUT2D eigenvalue weighted by atomic mass is 10.1. The molecule has 1 unspecified atom stereocenters. The maximum absolute atomic E-state index is 12.9. The summed E-state index contributed by atoms with van der Waals surface area (Å²) in [5.41, 5.74) is 1.54. The van der Waals surface area contributed by atoms with Gasteiger partial charge in [0.1, 0.15) is 5.75 Å². The van der Waals surface area contributed by atoms with Crippen molar-refractivity contribution in [2.45, 2.75) is 18.9 Å². The summed E-state index contributed by atoms with van der Waals surface area (Å²) in [5.74, 6) is -1.96. The van der Waals surface area contributed by atoms with E-state index in [0.717, 1.165) is 12.8 Å². The number of nitrogens with zero attached hydrogens (tertiary/aromatic N) is 1. The standard InChI is InChI=1S/C27H23N3O6/c31-23-14-18(9-11-22(23)29-24(32)16-5-2-1-3-6-16)28-25(33)17-8-10-20-21(13-17)27(35)30(26(20)34)15-19-7-4-12-36-19/h1-3,5-6,8-11,13-14,19,31H,4,7,12,15H2,(H,28,33)(H,29,32). The molecular formula is C27H23N3O6. The van der Waals surface area contributed by atoms with Gasteiger partial charge in [0.25, 0.3) is 23.6 Å². The van der Waals surface area contributed by atoms with E-state index >= 15 is 0 Å². The second-order valence-corrected chi connectivity index (χ2v) is 8.62. The molecule has 0 saturated carbocycles. The average molecular weight is 485 g/mol. The summed E-state index contributed by atoms with van der Waals surface area (Å²) in [7, 11) is 0. The topological polar surface area (TPSA) is 125 Å². The summed E-state index contributed by atoms with van der Waals surface area (Å²) >= 11 is 0. The smallest absolute Gasteiger partial charge is 0.261 e. The van der Waals surface area contributed by atoms with Crippen LogP contribution in [0.15, 0.2) is 66.7 Å². The van der Waals surface area contributed by atoms with Gasteiger partial charge in [0, 0.05) is 29.5 Å². The fraction of sp³-hybridized carbons (Fsp3) is 0.185. The number of nitrogens with one attached hydrogen (secondary N) is 2. The third kappa shape index (κ3) is 4.56. The molecule has 3 aromatic carbocycles. The van der Waals surface area contributed by atoms with E-state index in [0.29, 0.717) is 12.2 Å². The molecule has 1 atom stereocenters. The van der Waals surface area contributed by atoms with Gasteiger partial charge in [0.2, 0.25) is 0 Å². The molecule has 182 valence electrons. The minimum Gasteiger partial charge on any atom is -0.506 e. The Morgan fingerprint density at radius 1 is 0.889 bits per heavy atom. The molecule has 1 saturated heterocycles. The highest BCUT2D eigenvalue weighted by atomic mass is 16.5. The van der Waals surface area contributed by atoms with Gasteiger partial charge < -0.3 is 20.5 Å². The Hall–Kier alpha value is -4.50. The molecule has 0 spiro atoms. The van der Waals surface area contributed by atoms with Crippen molar-refractivity contribution < 1.29 is 29.0 Å². The van der Waals surface area contributed by atoms with Gasteiger partial charge in [-0.2, -0.15) is 0 Å². The van der Waals surface area contributed by atoms with E-state index in [1.807, 2.05) is 0 Å². The minimum absolute atomic E-state index is 0.164. The molecule has 4 amide bonds. The van der Waals surface area contributed by atoms with E-state index in [1.165, 1.54) is 41.3 Å². The van der Waals surface area contributed by atoms with Crippen LogP contribution in [0.25, 0.3) is 0 Å². The predicted molar refractivity (Wildman–Crippen MR) is 131 cm³/mol. The zero-order valence-corrected chi connectivity index (χ0v) is 19.2. The van der Waals surface area contributed by atoms with E-state index in [2.05, 4.69) is 10.6 Å². The number of carbonyl (C=O) groups excluding carboxylic acids is 4. The fourth-order valence-electron chi connectivity index (χ4n) is 4.29. The highest BCUT2D eigenvalue weighted by Gasteiger charge is 2.38. The van der Waals surface area contributed by atoms with Crippen LogP contribution in [0.3, 0.4) is 0 Å². The molecule has 0 radical (unpaired) electrons. The second-order valence-electron chi connectivity index (χ2n) is 8.62. The first-order valence-electron chi connectivity index (χ1n) is 11.5. The van der Waals surface area contributed by atoms with Crippen LogP contribution < -0.4 is 10.6 Å². The normalized spacial score (nSPS) is 16.7. The quantitative estimate of drug-likeness (QED) is 0.361. The van der Waals surface area contributed by atoms with E-state index in [4.69, 9.17) is 4.74 Å². The van der Waals surface area contributed by atoms with Crippen LogP contribution in [-0.4, -0.2) is 52.9 Å². The Balaban J connectivity index is 1.27. The lowest BCUT2D eigenvalue weighted by Crippen LogP contribution is -2.36. The van der Waals surface area contributed by atoms with Gasteiger partial charge in [-0.3, -0.25) is 24.1 Å². The average Bonchev–Trinajstić information content (AvgIpc) is 3.49. The van der Waals surface area contributed by atoms with Crippen LogP contribution in [0.4, 0.5) is 11.4 Å². The lowest BCUT2D eigenvalue weighted by molar-refractivity contribution is 0.0475. The number of ether oxygens (including phenoxy) is 1. The van der Waals surface area contributed by atoms with Crippen molar-refractivity contribution in [3.8, 4) is 5.75 Å². The van der Waals surface area contributed by atoms with Crippen LogP contribution in [-0.2, 0) is 4.74 Å². The fourth-order valence-corrected chi connectivity index (χ4v) is 4.29. The number of carbonyl (C=O) groups is 4. The van der Waals surface area contributed by atoms with E-state index in [-0.39, 0.29) is 52.4 Å². The van der Waals surface area contributed by atoms with Gasteiger partial charge in [-0.15, -0.1) is 0 Å². The summed E-state index contributed by atoms with van der Waals surface area (Å²) in [6.45, 7) is 0.814. The molecule has 9 heteroatoms. The van der Waals surface area contributed by atoms with Crippen molar-refractivity contribution in [2.24, 2.45) is 0 Å². The summed E-state index contributed by atoms with van der Waals surface area (Å²) in [5, 5.41) is 15.6. The number of phenolic OH excluding ortho intramolecular Hbond substituents is 1. The van der Waals surface area contributed by atoms with Gasteiger partial charge in [-0.05, 0) is 55.3 Å². The number of phenols is 1. The Morgan fingerprint density at radius 3 is 2.36 bits per heavy atom. The molecule has 5 rings (SSSR count). The Bertz CT molecular complexity index is 1370. The molecule has 2 aliphatic heterocycles. The molecule has 0 bridgehead atoms. The van der Waals surface area contributed by atoms with Gasteiger partial charge in [-0.1, -0.05) is 18.2 Å². The maximum Gasteiger partial charge on any atom is 0.261 e. The molecule has 3 N–H and O–H groups in total. The summed E-state index contributed by atoms with van der Waals surface area (Å²) in [4.78, 5) is 51.9. The SMILES string of the molecule is O=C(Nc1ccc(NC(=O)c2ccccc2)c(O)c1)c1ccc2c(c1)C(=O)N(CC1CCCO1)C2=O. The van der Waals surface area contributed by atoms with Gasteiger partial charge in [0.05, 0.1) is 29.5 Å². The monoisotopic (exact) mass is 485 g/mol. The summed E-state index contributed by atoms with van der Waals surface area (Å²) in [6, 6.07) is 17.2. The van der Waals surface area contributed by atoms with Crippen molar-refractivity contribution in [2.75, 3.05) is 23.8 Å². The lowest BCUT2D eigenvalue weighted by Gasteiger charge is -2.17. The van der Waals surface area contributed by atoms with Crippen LogP contribution in [0.1, 0.15) is 54.3 Å². The number of imide groups is 1. The van der Waals surface area contributed by atoms with Crippen LogP contribution in [0.2, 0.25) is 0 Å². The second kappa shape index (κ2) is 9.63. The molecule has 2 aliphatic rings. The molecule has 3 aromatic rings. The molecule has 1 fully saturated rings. The Morgan fingerprint density at radius 2 is 1.64 bits per heavy atom. The number of fused-ring (bicyclic) bond motifs is 1. The zero-order chi connectivity index (χ0) is 25.2. The number of amides is 4. The Labute approximate surface area is 206 Å². The third-order valence-electron chi connectivity index (χ3n) is 6.18. The van der Waals surface area contributed by atoms with Crippen LogP contribution in [0, 0.1) is 0 Å². The van der Waals surface area contributed by atoms with Gasteiger partial charge in [0.15, 0.2) is 0 Å². The molecule has 2 heterocycles. The van der Waals surface area contributed by atoms with Gasteiger partial charge >= 0.3 is 0 Å². The number of hydrogen-bond donors (Lipinski definition) is 3. The minimum atomic E-state index is -0.518. The molecule has 36 heavy (non-hydrogen) atoms. The first-order chi connectivity index (χ1) is 17.4. The number of anilines is 2. The largest absolute Gasteiger partial charge is 0.506 e. The highest BCUT2D eigenvalue weighted by molar-refractivity contribution is 6.22. The van der Waals surface area contributed by atoms with E-state index in [9.17, 15) is 24.3 Å². The third-order valence-corrected chi connectivity index (χ3v) is 6.18. The van der Waals surface area contributed by atoms with Crippen LogP contribution >= 0.6 is 0 Å². The first kappa shape index (κ1) is 23.3. The maximum atomic E-state index is 12.9. The van der Waals surface area contributed by atoms with Gasteiger partial charge in [-0.25, -0.2) is 0 Å². The number of rotatable bonds is 6. The molecule has 0 aliphatic carbocycles. The molecule has 9 nitrogen and oxygen atoms in total. The molecule has 0 aromatic heterocycles. The number of aromatic hydroxyl groups is 1. The summed E-state index contributed by atoms with van der Waals surface area (Å²) in [6.07, 6.45) is 1.53. The van der Waals surface area contributed by atoms with Crippen molar-refractivity contribution in [1.29, 1.82) is 0 Å². The van der Waals surface area contributed by atoms with E-state index in [1.54, 1.807) is 30.3 Å². The van der Waals surface area contributed by atoms with Crippen molar-refractivity contribution in [3.05, 3.63) is 89.0 Å². The number of hydrogen-bond acceptors (Lipinski definition) is 6. The van der Waals surface area contributed by atoms with Crippen molar-refractivity contribution in [1.82, 2.24) is 4.90 Å². The van der Waals surface area contributed by atoms with E-state index < -0.39 is 17.7 Å². The zero-order valence-electron chi connectivity index (χ0n) is 19.2. The van der Waals surface area contributed by atoms with Crippen LogP contribution in [0.5, 0.6) is 5.75 Å². The highest BCUT2D eigenvalue weighted by Crippen LogP contribution is 2.29. The predicted octanol–water partition coefficient (Wildman–Crippen LogP) is 3.67. The van der Waals surface area contributed by atoms with Crippen molar-refractivity contribution in [3.63, 3.8) is 0 Å². The van der Waals surface area contributed by atoms with Crippen molar-refractivity contribution >= 4 is 35.0 Å².